The van der Waals surface area contributed by atoms with Crippen molar-refractivity contribution in [2.24, 2.45) is 0 Å². The molecule has 2 aromatic heterocycles. The van der Waals surface area contributed by atoms with Gasteiger partial charge in [-0.3, -0.25) is 0 Å². The molecule has 246 valence electrons. The van der Waals surface area contributed by atoms with E-state index in [-0.39, 0.29) is 0 Å². The molecule has 0 bridgehead atoms. The minimum absolute atomic E-state index is 0.498. The van der Waals surface area contributed by atoms with Crippen LogP contribution in [0.5, 0.6) is 0 Å². The number of allylic oxidation sites excluding steroid dienone is 1. The molecule has 0 saturated heterocycles. The van der Waals surface area contributed by atoms with Crippen molar-refractivity contribution in [1.29, 1.82) is 0 Å². The summed E-state index contributed by atoms with van der Waals surface area (Å²) < 4.78 is 4.76. The summed E-state index contributed by atoms with van der Waals surface area (Å²) >= 11 is 0. The van der Waals surface area contributed by atoms with Gasteiger partial charge in [-0.1, -0.05) is 146 Å². The molecule has 0 saturated carbocycles. The lowest BCUT2D eigenvalue weighted by molar-refractivity contribution is 0.767. The Balaban J connectivity index is 1.19. The van der Waals surface area contributed by atoms with Gasteiger partial charge in [0.2, 0.25) is 0 Å². The van der Waals surface area contributed by atoms with Gasteiger partial charge in [0.05, 0.1) is 27.7 Å². The molecule has 2 heteroatoms. The van der Waals surface area contributed by atoms with Crippen molar-refractivity contribution < 1.29 is 0 Å². The van der Waals surface area contributed by atoms with E-state index in [1.54, 1.807) is 0 Å². The second-order valence-electron chi connectivity index (χ2n) is 13.7. The molecule has 0 spiro atoms. The van der Waals surface area contributed by atoms with Crippen LogP contribution in [0.15, 0.2) is 183 Å². The van der Waals surface area contributed by atoms with Crippen LogP contribution in [0.4, 0.5) is 0 Å². The molecule has 0 N–H and O–H groups in total. The van der Waals surface area contributed by atoms with E-state index in [4.69, 9.17) is 0 Å². The lowest BCUT2D eigenvalue weighted by atomic mass is 9.67. The zero-order valence-corrected chi connectivity index (χ0v) is 29.0. The van der Waals surface area contributed by atoms with Crippen LogP contribution in [-0.4, -0.2) is 9.13 Å². The third kappa shape index (κ3) is 4.12. The Morgan fingerprint density at radius 3 is 1.38 bits per heavy atom. The smallest absolute Gasteiger partial charge is 0.0713 e. The highest BCUT2D eigenvalue weighted by Crippen LogP contribution is 2.56. The van der Waals surface area contributed by atoms with Gasteiger partial charge < -0.3 is 9.13 Å². The van der Waals surface area contributed by atoms with Crippen molar-refractivity contribution in [1.82, 2.24) is 9.13 Å². The number of nitrogens with zero attached hydrogens (tertiary/aromatic N) is 2. The SMILES string of the molecule is C=Cc1c(/C=C\C)n(-c2ccc(C3(c4ccc(-n5c6ccccc6c6ccccc65)cc4)c4ccccc4-c4ccccc43)cc2)c2ccccc12. The number of hydrogen-bond donors (Lipinski definition) is 0. The fourth-order valence-corrected chi connectivity index (χ4v) is 9.04. The first-order chi connectivity index (χ1) is 25.7. The van der Waals surface area contributed by atoms with Gasteiger partial charge in [0.15, 0.2) is 0 Å². The van der Waals surface area contributed by atoms with E-state index in [9.17, 15) is 0 Å². The number of aromatic nitrogens is 2. The first-order valence-corrected chi connectivity index (χ1v) is 18.0. The lowest BCUT2D eigenvalue weighted by Gasteiger charge is -2.34. The molecule has 2 heterocycles. The van der Waals surface area contributed by atoms with Crippen molar-refractivity contribution in [3.05, 3.63) is 216 Å². The van der Waals surface area contributed by atoms with Gasteiger partial charge in [-0.25, -0.2) is 0 Å². The van der Waals surface area contributed by atoms with Crippen LogP contribution in [-0.2, 0) is 5.41 Å². The topological polar surface area (TPSA) is 9.86 Å². The molecule has 0 amide bonds. The van der Waals surface area contributed by atoms with E-state index >= 15 is 0 Å². The Hall–Kier alpha value is -6.64. The minimum Gasteiger partial charge on any atom is -0.309 e. The third-order valence-corrected chi connectivity index (χ3v) is 11.1. The minimum atomic E-state index is -0.498. The van der Waals surface area contributed by atoms with E-state index in [0.29, 0.717) is 0 Å². The lowest BCUT2D eigenvalue weighted by Crippen LogP contribution is -2.28. The molecule has 9 aromatic rings. The molecule has 0 fully saturated rings. The maximum atomic E-state index is 4.19. The van der Waals surface area contributed by atoms with Crippen LogP contribution in [0.3, 0.4) is 0 Å². The first-order valence-electron chi connectivity index (χ1n) is 18.0. The summed E-state index contributed by atoms with van der Waals surface area (Å²) in [5, 5.41) is 3.74. The summed E-state index contributed by atoms with van der Waals surface area (Å²) in [4.78, 5) is 0. The van der Waals surface area contributed by atoms with E-state index < -0.39 is 5.41 Å². The number of rotatable bonds is 6. The molecule has 0 unspecified atom stereocenters. The van der Waals surface area contributed by atoms with Crippen molar-refractivity contribution in [2.45, 2.75) is 12.3 Å². The Morgan fingerprint density at radius 2 is 0.885 bits per heavy atom. The maximum absolute atomic E-state index is 4.19. The van der Waals surface area contributed by atoms with Crippen LogP contribution >= 0.6 is 0 Å². The molecular weight excluding hydrogens is 629 g/mol. The fraction of sp³-hybridized carbons (Fsp3) is 0.0400. The molecule has 10 rings (SSSR count). The molecule has 1 aliphatic rings. The number of fused-ring (bicyclic) bond motifs is 7. The van der Waals surface area contributed by atoms with Gasteiger partial charge >= 0.3 is 0 Å². The van der Waals surface area contributed by atoms with Crippen molar-refractivity contribution in [2.75, 3.05) is 0 Å². The normalized spacial score (nSPS) is 13.2. The van der Waals surface area contributed by atoms with Gasteiger partial charge in [0.25, 0.3) is 0 Å². The number of para-hydroxylation sites is 3. The van der Waals surface area contributed by atoms with Gasteiger partial charge in [0, 0.05) is 33.1 Å². The van der Waals surface area contributed by atoms with Crippen LogP contribution in [0.2, 0.25) is 0 Å². The van der Waals surface area contributed by atoms with Crippen molar-refractivity contribution in [3.63, 3.8) is 0 Å². The molecule has 1 aliphatic carbocycles. The summed E-state index contributed by atoms with van der Waals surface area (Å²) in [6.07, 6.45) is 6.28. The van der Waals surface area contributed by atoms with Gasteiger partial charge in [0.1, 0.15) is 0 Å². The van der Waals surface area contributed by atoms with E-state index in [1.165, 1.54) is 66.1 Å². The zero-order chi connectivity index (χ0) is 34.8. The van der Waals surface area contributed by atoms with Crippen LogP contribution in [0, 0.1) is 0 Å². The average molecular weight is 665 g/mol. The van der Waals surface area contributed by atoms with Gasteiger partial charge in [-0.05, 0) is 88.8 Å². The highest BCUT2D eigenvalue weighted by Gasteiger charge is 2.45. The second-order valence-corrected chi connectivity index (χ2v) is 13.7. The summed E-state index contributed by atoms with van der Waals surface area (Å²) in [5.41, 5.74) is 15.4. The molecule has 0 radical (unpaired) electrons. The van der Waals surface area contributed by atoms with Crippen LogP contribution in [0.25, 0.3) is 67.4 Å². The van der Waals surface area contributed by atoms with Crippen molar-refractivity contribution >= 4 is 44.9 Å². The molecule has 52 heavy (non-hydrogen) atoms. The predicted molar refractivity (Wildman–Crippen MR) is 220 cm³/mol. The fourth-order valence-electron chi connectivity index (χ4n) is 9.04. The third-order valence-electron chi connectivity index (χ3n) is 11.1. The monoisotopic (exact) mass is 664 g/mol. The Kier molecular flexibility index (Phi) is 6.81. The molecule has 2 nitrogen and oxygen atoms in total. The molecule has 0 atom stereocenters. The summed E-state index contributed by atoms with van der Waals surface area (Å²) in [6.45, 7) is 6.26. The number of hydrogen-bond acceptors (Lipinski definition) is 0. The second kappa shape index (κ2) is 11.7. The Labute approximate surface area is 303 Å². The maximum Gasteiger partial charge on any atom is 0.0713 e. The van der Waals surface area contributed by atoms with Crippen LogP contribution in [0.1, 0.15) is 40.4 Å². The summed E-state index contributed by atoms with van der Waals surface area (Å²) in [7, 11) is 0. The summed E-state index contributed by atoms with van der Waals surface area (Å²) in [5.74, 6) is 0. The van der Waals surface area contributed by atoms with E-state index in [1.807, 2.05) is 6.08 Å². The van der Waals surface area contributed by atoms with Crippen molar-refractivity contribution in [3.8, 4) is 22.5 Å². The first kappa shape index (κ1) is 30.2. The van der Waals surface area contributed by atoms with E-state index in [0.717, 1.165) is 22.6 Å². The van der Waals surface area contributed by atoms with Gasteiger partial charge in [-0.2, -0.15) is 0 Å². The Bertz CT molecular complexity index is 2760. The van der Waals surface area contributed by atoms with E-state index in [2.05, 4.69) is 205 Å². The highest BCUT2D eigenvalue weighted by atomic mass is 15.0. The zero-order valence-electron chi connectivity index (χ0n) is 29.0. The largest absolute Gasteiger partial charge is 0.309 e. The predicted octanol–water partition coefficient (Wildman–Crippen LogP) is 12.8. The van der Waals surface area contributed by atoms with Gasteiger partial charge in [-0.15, -0.1) is 0 Å². The molecule has 7 aromatic carbocycles. The average Bonchev–Trinajstić information content (AvgIpc) is 3.82. The quantitative estimate of drug-likeness (QED) is 0.167. The highest BCUT2D eigenvalue weighted by molar-refractivity contribution is 6.09. The summed E-state index contributed by atoms with van der Waals surface area (Å²) in [6, 6.07) is 62.5. The standard InChI is InChI=1S/C50H36N2/c1-3-15-46-38(4-2)41-18-7-12-23-47(41)51(46)36-30-26-34(27-31-36)50(44-21-10-5-16-39(44)40-17-6-11-22-45(40)50)35-28-32-37(33-29-35)52-48-24-13-8-19-42(48)43-20-9-14-25-49(43)52/h3-33H,2H2,1H3/b15-3-. The number of benzene rings is 7. The van der Waals surface area contributed by atoms with Crippen LogP contribution < -0.4 is 0 Å². The Morgan fingerprint density at radius 1 is 0.462 bits per heavy atom. The molecule has 0 aliphatic heterocycles. The molecular formula is C50H36N2.